The van der Waals surface area contributed by atoms with Gasteiger partial charge in [-0.25, -0.2) is 0 Å². The maximum atomic E-state index is 13.1. The number of hydrogen-bond donors (Lipinski definition) is 1. The Balaban J connectivity index is 1.55. The van der Waals surface area contributed by atoms with Crippen LogP contribution in [-0.2, 0) is 4.74 Å². The first-order valence-corrected chi connectivity index (χ1v) is 11.1. The lowest BCUT2D eigenvalue weighted by Gasteiger charge is -2.30. The summed E-state index contributed by atoms with van der Waals surface area (Å²) < 4.78 is 44.7. The number of morpholine rings is 1. The quantitative estimate of drug-likeness (QED) is 0.722. The van der Waals surface area contributed by atoms with E-state index in [-0.39, 0.29) is 18.7 Å². The van der Waals surface area contributed by atoms with Crippen molar-refractivity contribution in [3.05, 3.63) is 41.3 Å². The number of halogens is 3. The Bertz CT molecular complexity index is 863. The van der Waals surface area contributed by atoms with Gasteiger partial charge in [-0.3, -0.25) is 4.79 Å². The first kappa shape index (κ1) is 21.2. The summed E-state index contributed by atoms with van der Waals surface area (Å²) >= 11 is 1.40. The van der Waals surface area contributed by atoms with Crippen LogP contribution >= 0.6 is 11.3 Å². The summed E-state index contributed by atoms with van der Waals surface area (Å²) in [5.74, 6) is -1.62. The van der Waals surface area contributed by atoms with Crippen molar-refractivity contribution in [3.8, 4) is 11.1 Å². The van der Waals surface area contributed by atoms with Crippen LogP contribution in [0.3, 0.4) is 0 Å². The number of alkyl halides is 3. The van der Waals surface area contributed by atoms with Crippen molar-refractivity contribution in [1.82, 2.24) is 5.32 Å². The molecule has 4 nitrogen and oxygen atoms in total. The molecule has 1 saturated heterocycles. The van der Waals surface area contributed by atoms with E-state index in [1.807, 2.05) is 36.4 Å². The van der Waals surface area contributed by atoms with Gasteiger partial charge in [0.1, 0.15) is 0 Å². The molecule has 0 bridgehead atoms. The molecule has 2 fully saturated rings. The van der Waals surface area contributed by atoms with E-state index in [1.165, 1.54) is 11.3 Å². The monoisotopic (exact) mass is 438 g/mol. The third kappa shape index (κ3) is 4.81. The van der Waals surface area contributed by atoms with Crippen LogP contribution in [0.4, 0.5) is 18.2 Å². The molecule has 1 saturated carbocycles. The number of carbonyl (C=O) groups excluding carboxylic acids is 1. The Morgan fingerprint density at radius 3 is 2.57 bits per heavy atom. The minimum Gasteiger partial charge on any atom is -0.378 e. The molecule has 1 N–H and O–H groups in total. The molecule has 2 atom stereocenters. The predicted molar refractivity (Wildman–Crippen MR) is 112 cm³/mol. The fourth-order valence-corrected chi connectivity index (χ4v) is 5.33. The Kier molecular flexibility index (Phi) is 6.34. The summed E-state index contributed by atoms with van der Waals surface area (Å²) in [5, 5.41) is 3.87. The van der Waals surface area contributed by atoms with Crippen molar-refractivity contribution in [2.24, 2.45) is 5.92 Å². The van der Waals surface area contributed by atoms with E-state index in [9.17, 15) is 18.0 Å². The van der Waals surface area contributed by atoms with Gasteiger partial charge in [-0.1, -0.05) is 36.8 Å². The zero-order chi connectivity index (χ0) is 21.1. The van der Waals surface area contributed by atoms with E-state index in [0.717, 1.165) is 29.2 Å². The molecule has 0 spiro atoms. The number of hydrogen-bond acceptors (Lipinski definition) is 4. The van der Waals surface area contributed by atoms with Crippen molar-refractivity contribution in [1.29, 1.82) is 0 Å². The van der Waals surface area contributed by atoms with E-state index in [4.69, 9.17) is 4.74 Å². The predicted octanol–water partition coefficient (Wildman–Crippen LogP) is 5.10. The highest BCUT2D eigenvalue weighted by molar-refractivity contribution is 7.18. The smallest absolute Gasteiger partial charge is 0.378 e. The highest BCUT2D eigenvalue weighted by Gasteiger charge is 2.42. The number of amides is 1. The average Bonchev–Trinajstić information content (AvgIpc) is 3.20. The molecule has 1 aliphatic carbocycles. The van der Waals surface area contributed by atoms with E-state index in [1.54, 1.807) is 0 Å². The van der Waals surface area contributed by atoms with Gasteiger partial charge in [0.15, 0.2) is 0 Å². The third-order valence-corrected chi connectivity index (χ3v) is 6.99. The van der Waals surface area contributed by atoms with Gasteiger partial charge >= 0.3 is 6.18 Å². The van der Waals surface area contributed by atoms with Crippen molar-refractivity contribution in [3.63, 3.8) is 0 Å². The molecule has 1 aliphatic heterocycles. The zero-order valence-corrected chi connectivity index (χ0v) is 17.4. The first-order chi connectivity index (χ1) is 14.4. The maximum absolute atomic E-state index is 13.1. The number of nitrogens with zero attached hydrogens (tertiary/aromatic N) is 1. The van der Waals surface area contributed by atoms with Crippen LogP contribution in [0, 0.1) is 5.92 Å². The average molecular weight is 439 g/mol. The van der Waals surface area contributed by atoms with Crippen molar-refractivity contribution >= 4 is 22.2 Å². The number of anilines is 1. The molecular weight excluding hydrogens is 413 g/mol. The van der Waals surface area contributed by atoms with Crippen LogP contribution in [0.25, 0.3) is 11.1 Å². The summed E-state index contributed by atoms with van der Waals surface area (Å²) in [7, 11) is 0. The molecule has 2 unspecified atom stereocenters. The number of benzene rings is 1. The van der Waals surface area contributed by atoms with Crippen molar-refractivity contribution in [2.45, 2.75) is 37.9 Å². The Morgan fingerprint density at radius 2 is 1.87 bits per heavy atom. The molecule has 30 heavy (non-hydrogen) atoms. The fourth-order valence-electron chi connectivity index (χ4n) is 4.19. The lowest BCUT2D eigenvalue weighted by atomic mass is 9.85. The van der Waals surface area contributed by atoms with E-state index >= 15 is 0 Å². The number of ether oxygens (including phenoxy) is 1. The van der Waals surface area contributed by atoms with Gasteiger partial charge in [0.2, 0.25) is 0 Å². The minimum atomic E-state index is -4.20. The molecule has 162 valence electrons. The molecule has 2 aromatic rings. The van der Waals surface area contributed by atoms with Gasteiger partial charge in [-0.05, 0) is 30.9 Å². The Morgan fingerprint density at radius 1 is 1.13 bits per heavy atom. The SMILES string of the molecule is O=C(NC1CCCC(C(F)(F)F)C1)c1cc(-c2ccccc2)c(N2CCOCC2)s1. The summed E-state index contributed by atoms with van der Waals surface area (Å²) in [6.45, 7) is 2.76. The van der Waals surface area contributed by atoms with Gasteiger partial charge < -0.3 is 15.0 Å². The molecule has 2 heterocycles. The standard InChI is InChI=1S/C22H25F3N2O2S/c23-22(24,25)16-7-4-8-17(13-16)26-20(28)19-14-18(15-5-2-1-3-6-15)21(30-19)27-9-11-29-12-10-27/h1-3,5-6,14,16-17H,4,7-13H2,(H,26,28). The summed E-state index contributed by atoms with van der Waals surface area (Å²) in [6, 6.07) is 11.3. The summed E-state index contributed by atoms with van der Waals surface area (Å²) in [6.07, 6.45) is -3.02. The van der Waals surface area contributed by atoms with E-state index in [2.05, 4.69) is 10.2 Å². The molecule has 8 heteroatoms. The van der Waals surface area contributed by atoms with Gasteiger partial charge in [-0.2, -0.15) is 13.2 Å². The van der Waals surface area contributed by atoms with Crippen LogP contribution < -0.4 is 10.2 Å². The van der Waals surface area contributed by atoms with Crippen LogP contribution in [-0.4, -0.2) is 44.4 Å². The first-order valence-electron chi connectivity index (χ1n) is 10.3. The van der Waals surface area contributed by atoms with Crippen LogP contribution in [0.15, 0.2) is 36.4 Å². The molecule has 4 rings (SSSR count). The number of thiophene rings is 1. The molecule has 1 aromatic heterocycles. The highest BCUT2D eigenvalue weighted by atomic mass is 32.1. The lowest BCUT2D eigenvalue weighted by molar-refractivity contribution is -0.183. The van der Waals surface area contributed by atoms with Gasteiger partial charge in [-0.15, -0.1) is 11.3 Å². The van der Waals surface area contributed by atoms with Gasteiger partial charge in [0, 0.05) is 24.7 Å². The topological polar surface area (TPSA) is 41.6 Å². The molecular formula is C22H25F3N2O2S. The van der Waals surface area contributed by atoms with E-state index < -0.39 is 18.1 Å². The van der Waals surface area contributed by atoms with Crippen LogP contribution in [0.1, 0.15) is 35.4 Å². The maximum Gasteiger partial charge on any atom is 0.391 e. The largest absolute Gasteiger partial charge is 0.391 e. The number of nitrogens with one attached hydrogen (secondary N) is 1. The van der Waals surface area contributed by atoms with E-state index in [0.29, 0.717) is 30.9 Å². The second kappa shape index (κ2) is 8.98. The Labute approximate surface area is 178 Å². The molecule has 2 aliphatic rings. The zero-order valence-electron chi connectivity index (χ0n) is 16.6. The number of carbonyl (C=O) groups is 1. The third-order valence-electron chi connectivity index (χ3n) is 5.79. The Hall–Kier alpha value is -2.06. The number of rotatable bonds is 4. The minimum absolute atomic E-state index is 0.0392. The summed E-state index contributed by atoms with van der Waals surface area (Å²) in [4.78, 5) is 15.7. The van der Waals surface area contributed by atoms with Gasteiger partial charge in [0.05, 0.1) is 29.0 Å². The lowest BCUT2D eigenvalue weighted by Crippen LogP contribution is -2.41. The molecule has 1 aromatic carbocycles. The van der Waals surface area contributed by atoms with Crippen LogP contribution in [0.5, 0.6) is 0 Å². The highest BCUT2D eigenvalue weighted by Crippen LogP contribution is 2.40. The normalized spacial score (nSPS) is 22.7. The second-order valence-electron chi connectivity index (χ2n) is 7.87. The fraction of sp³-hybridized carbons (Fsp3) is 0.500. The summed E-state index contributed by atoms with van der Waals surface area (Å²) in [5.41, 5.74) is 1.99. The van der Waals surface area contributed by atoms with Crippen molar-refractivity contribution in [2.75, 3.05) is 31.2 Å². The molecule has 1 amide bonds. The van der Waals surface area contributed by atoms with Crippen molar-refractivity contribution < 1.29 is 22.7 Å². The van der Waals surface area contributed by atoms with Crippen LogP contribution in [0.2, 0.25) is 0 Å². The second-order valence-corrected chi connectivity index (χ2v) is 8.90. The van der Waals surface area contributed by atoms with Gasteiger partial charge in [0.25, 0.3) is 5.91 Å². The molecule has 0 radical (unpaired) electrons.